The van der Waals surface area contributed by atoms with Crippen molar-refractivity contribution >= 4 is 44.8 Å². The Kier molecular flexibility index (Phi) is 8.43. The SMILES string of the molecule is COc1ccc(N(C)c2nc(C)nc3ccccc23)cc1.COc1ccc(N(C)c2nc(C)nc3ccccc23)cc1. The topological polar surface area (TPSA) is 76.5 Å². The number of benzene rings is 4. The van der Waals surface area contributed by atoms with Gasteiger partial charge in [0.25, 0.3) is 0 Å². The summed E-state index contributed by atoms with van der Waals surface area (Å²) in [6.45, 7) is 3.83. The summed E-state index contributed by atoms with van der Waals surface area (Å²) < 4.78 is 10.4. The minimum atomic E-state index is 0.768. The lowest BCUT2D eigenvalue weighted by molar-refractivity contribution is 0.414. The van der Waals surface area contributed by atoms with Gasteiger partial charge in [-0.05, 0) is 86.6 Å². The van der Waals surface area contributed by atoms with Crippen LogP contribution in [0.3, 0.4) is 0 Å². The van der Waals surface area contributed by atoms with E-state index in [-0.39, 0.29) is 0 Å². The van der Waals surface area contributed by atoms with E-state index in [1.807, 2.05) is 125 Å². The Morgan fingerprint density at radius 1 is 0.476 bits per heavy atom. The fourth-order valence-electron chi connectivity index (χ4n) is 4.71. The van der Waals surface area contributed by atoms with Crippen molar-refractivity contribution in [1.29, 1.82) is 0 Å². The quantitative estimate of drug-likeness (QED) is 0.209. The van der Waals surface area contributed by atoms with Gasteiger partial charge < -0.3 is 19.3 Å². The molecule has 0 saturated carbocycles. The van der Waals surface area contributed by atoms with Crippen LogP contribution in [0.1, 0.15) is 11.6 Å². The Morgan fingerprint density at radius 3 is 1.19 bits per heavy atom. The zero-order valence-corrected chi connectivity index (χ0v) is 24.7. The fraction of sp³-hybridized carbons (Fsp3) is 0.176. The van der Waals surface area contributed by atoms with Crippen LogP contribution in [0.25, 0.3) is 21.8 Å². The second kappa shape index (κ2) is 12.5. The van der Waals surface area contributed by atoms with Gasteiger partial charge in [-0.15, -0.1) is 0 Å². The Labute approximate surface area is 246 Å². The van der Waals surface area contributed by atoms with E-state index in [9.17, 15) is 0 Å². The van der Waals surface area contributed by atoms with Crippen LogP contribution in [0.15, 0.2) is 97.1 Å². The molecule has 212 valence electrons. The van der Waals surface area contributed by atoms with Gasteiger partial charge in [-0.2, -0.15) is 0 Å². The third kappa shape index (κ3) is 6.07. The summed E-state index contributed by atoms with van der Waals surface area (Å²) >= 11 is 0. The average Bonchev–Trinajstić information content (AvgIpc) is 3.03. The van der Waals surface area contributed by atoms with Crippen molar-refractivity contribution < 1.29 is 9.47 Å². The highest BCUT2D eigenvalue weighted by Crippen LogP contribution is 2.31. The van der Waals surface area contributed by atoms with E-state index in [4.69, 9.17) is 9.47 Å². The van der Waals surface area contributed by atoms with Crippen LogP contribution < -0.4 is 19.3 Å². The van der Waals surface area contributed by atoms with Gasteiger partial charge >= 0.3 is 0 Å². The van der Waals surface area contributed by atoms with E-state index in [2.05, 4.69) is 29.7 Å². The molecular weight excluding hydrogens is 524 g/mol. The van der Waals surface area contributed by atoms with Gasteiger partial charge in [0, 0.05) is 36.2 Å². The lowest BCUT2D eigenvalue weighted by atomic mass is 10.2. The van der Waals surface area contributed by atoms with Gasteiger partial charge in [-0.3, -0.25) is 0 Å². The van der Waals surface area contributed by atoms with Crippen LogP contribution in [0.2, 0.25) is 0 Å². The molecule has 0 fully saturated rings. The molecule has 0 atom stereocenters. The molecule has 8 nitrogen and oxygen atoms in total. The second-order valence-corrected chi connectivity index (χ2v) is 9.74. The third-order valence-corrected chi connectivity index (χ3v) is 6.94. The molecule has 0 amide bonds. The van der Waals surface area contributed by atoms with E-state index < -0.39 is 0 Å². The number of methoxy groups -OCH3 is 2. The number of rotatable bonds is 6. The molecule has 0 aliphatic heterocycles. The van der Waals surface area contributed by atoms with Crippen molar-refractivity contribution in [2.45, 2.75) is 13.8 Å². The van der Waals surface area contributed by atoms with Crippen LogP contribution in [-0.2, 0) is 0 Å². The molecule has 6 rings (SSSR count). The average molecular weight is 559 g/mol. The van der Waals surface area contributed by atoms with Crippen LogP contribution in [0, 0.1) is 13.8 Å². The number of aromatic nitrogens is 4. The molecule has 0 unspecified atom stereocenters. The predicted octanol–water partition coefficient (Wildman–Crippen LogP) is 7.43. The molecule has 0 aliphatic rings. The van der Waals surface area contributed by atoms with Gasteiger partial charge in [-0.1, -0.05) is 24.3 Å². The number of ether oxygens (including phenoxy) is 2. The molecule has 0 aliphatic carbocycles. The molecule has 4 aromatic carbocycles. The standard InChI is InChI=1S/2C17H17N3O/c2*1-12-18-16-7-5-4-6-15(16)17(19-12)20(2)13-8-10-14(21-3)11-9-13/h2*4-11H,1-3H3. The van der Waals surface area contributed by atoms with Crippen molar-refractivity contribution in [3.05, 3.63) is 109 Å². The van der Waals surface area contributed by atoms with Crippen molar-refractivity contribution in [1.82, 2.24) is 19.9 Å². The maximum atomic E-state index is 5.20. The number of hydrogen-bond acceptors (Lipinski definition) is 8. The number of hydrogen-bond donors (Lipinski definition) is 0. The summed E-state index contributed by atoms with van der Waals surface area (Å²) in [5.41, 5.74) is 4.03. The summed E-state index contributed by atoms with van der Waals surface area (Å²) in [6, 6.07) is 32.0. The van der Waals surface area contributed by atoms with Gasteiger partial charge in [0.1, 0.15) is 34.8 Å². The Bertz CT molecular complexity index is 1670. The number of fused-ring (bicyclic) bond motifs is 2. The van der Waals surface area contributed by atoms with Crippen LogP contribution in [0.5, 0.6) is 11.5 Å². The first-order valence-corrected chi connectivity index (χ1v) is 13.6. The molecule has 0 spiro atoms. The van der Waals surface area contributed by atoms with Crippen LogP contribution in [-0.4, -0.2) is 48.3 Å². The van der Waals surface area contributed by atoms with Gasteiger partial charge in [0.05, 0.1) is 25.3 Å². The normalized spacial score (nSPS) is 10.6. The minimum absolute atomic E-state index is 0.768. The lowest BCUT2D eigenvalue weighted by Crippen LogP contribution is -2.12. The lowest BCUT2D eigenvalue weighted by Gasteiger charge is -2.20. The molecule has 6 aromatic rings. The van der Waals surface area contributed by atoms with E-state index >= 15 is 0 Å². The zero-order chi connectivity index (χ0) is 29.6. The predicted molar refractivity (Wildman–Crippen MR) is 171 cm³/mol. The monoisotopic (exact) mass is 558 g/mol. The van der Waals surface area contributed by atoms with Crippen molar-refractivity contribution in [2.75, 3.05) is 38.1 Å². The molecule has 42 heavy (non-hydrogen) atoms. The molecule has 0 N–H and O–H groups in total. The van der Waals surface area contributed by atoms with E-state index in [1.54, 1.807) is 14.2 Å². The smallest absolute Gasteiger partial charge is 0.144 e. The van der Waals surface area contributed by atoms with Crippen molar-refractivity contribution in [2.24, 2.45) is 0 Å². The summed E-state index contributed by atoms with van der Waals surface area (Å²) in [6.07, 6.45) is 0. The highest BCUT2D eigenvalue weighted by atomic mass is 16.5. The molecular formula is C34H34N6O2. The van der Waals surface area contributed by atoms with Gasteiger partial charge in [0.15, 0.2) is 0 Å². The first-order chi connectivity index (χ1) is 20.4. The molecule has 2 aromatic heterocycles. The molecule has 0 saturated heterocycles. The zero-order valence-electron chi connectivity index (χ0n) is 24.7. The molecule has 0 bridgehead atoms. The number of aryl methyl sites for hydroxylation is 2. The second-order valence-electron chi connectivity index (χ2n) is 9.74. The van der Waals surface area contributed by atoms with Crippen LogP contribution >= 0.6 is 0 Å². The summed E-state index contributed by atoms with van der Waals surface area (Å²) in [7, 11) is 7.35. The number of nitrogens with zero attached hydrogens (tertiary/aromatic N) is 6. The number of para-hydroxylation sites is 2. The highest BCUT2D eigenvalue weighted by Gasteiger charge is 2.13. The Morgan fingerprint density at radius 2 is 0.833 bits per heavy atom. The van der Waals surface area contributed by atoms with Crippen molar-refractivity contribution in [3.8, 4) is 11.5 Å². The molecule has 0 radical (unpaired) electrons. The van der Waals surface area contributed by atoms with E-state index in [0.29, 0.717) is 0 Å². The molecule has 2 heterocycles. The van der Waals surface area contributed by atoms with Crippen LogP contribution in [0.4, 0.5) is 23.0 Å². The third-order valence-electron chi connectivity index (χ3n) is 6.94. The first-order valence-electron chi connectivity index (χ1n) is 13.6. The minimum Gasteiger partial charge on any atom is -0.497 e. The summed E-state index contributed by atoms with van der Waals surface area (Å²) in [5.74, 6) is 5.03. The van der Waals surface area contributed by atoms with E-state index in [0.717, 1.165) is 68.0 Å². The van der Waals surface area contributed by atoms with Gasteiger partial charge in [-0.25, -0.2) is 19.9 Å². The summed E-state index contributed by atoms with van der Waals surface area (Å²) in [5, 5.41) is 2.09. The largest absolute Gasteiger partial charge is 0.497 e. The van der Waals surface area contributed by atoms with Crippen molar-refractivity contribution in [3.63, 3.8) is 0 Å². The highest BCUT2D eigenvalue weighted by molar-refractivity contribution is 5.92. The Balaban J connectivity index is 0.000000168. The van der Waals surface area contributed by atoms with Gasteiger partial charge in [0.2, 0.25) is 0 Å². The van der Waals surface area contributed by atoms with E-state index in [1.165, 1.54) is 0 Å². The maximum Gasteiger partial charge on any atom is 0.144 e. The molecule has 8 heteroatoms. The number of anilines is 4. The summed E-state index contributed by atoms with van der Waals surface area (Å²) in [4.78, 5) is 22.3. The maximum absolute atomic E-state index is 5.20. The fourth-order valence-corrected chi connectivity index (χ4v) is 4.71. The first kappa shape index (κ1) is 28.3. The Hall–Kier alpha value is -5.24.